The molecule has 3 aromatic rings. The number of para-hydroxylation sites is 2. The summed E-state index contributed by atoms with van der Waals surface area (Å²) in [5.41, 5.74) is 4.14. The van der Waals surface area contributed by atoms with Crippen molar-refractivity contribution >= 4 is 46.0 Å². The van der Waals surface area contributed by atoms with E-state index in [1.807, 2.05) is 92.7 Å². The van der Waals surface area contributed by atoms with Gasteiger partial charge in [0.15, 0.2) is 11.2 Å². The van der Waals surface area contributed by atoms with Crippen LogP contribution in [0.1, 0.15) is 29.7 Å². The SMILES string of the molecule is Cc1ccccc1NC(=O)[C@H](C)SC1=Nc2ccccc2C2=N[C@H](c3ccccc3)C(=O)N12. The molecule has 7 heteroatoms. The summed E-state index contributed by atoms with van der Waals surface area (Å²) in [7, 11) is 0. The number of anilines is 1. The lowest BCUT2D eigenvalue weighted by atomic mass is 10.1. The summed E-state index contributed by atoms with van der Waals surface area (Å²) >= 11 is 1.26. The lowest BCUT2D eigenvalue weighted by molar-refractivity contribution is -0.124. The highest BCUT2D eigenvalue weighted by Crippen LogP contribution is 2.38. The van der Waals surface area contributed by atoms with E-state index in [0.29, 0.717) is 11.0 Å². The van der Waals surface area contributed by atoms with Crippen molar-refractivity contribution in [1.29, 1.82) is 0 Å². The molecule has 33 heavy (non-hydrogen) atoms. The Hall–Kier alpha value is -3.71. The maximum Gasteiger partial charge on any atom is 0.263 e. The molecule has 164 valence electrons. The molecule has 2 heterocycles. The number of aliphatic imine (C=N–C) groups is 2. The number of fused-ring (bicyclic) bond motifs is 3. The van der Waals surface area contributed by atoms with Gasteiger partial charge in [0.05, 0.1) is 10.9 Å². The summed E-state index contributed by atoms with van der Waals surface area (Å²) in [5.74, 6) is 0.262. The number of carbonyl (C=O) groups excluding carboxylic acids is 2. The van der Waals surface area contributed by atoms with E-state index in [2.05, 4.69) is 5.32 Å². The third-order valence-corrected chi connectivity index (χ3v) is 6.69. The van der Waals surface area contributed by atoms with Gasteiger partial charge in [-0.25, -0.2) is 14.9 Å². The Balaban J connectivity index is 1.45. The highest BCUT2D eigenvalue weighted by atomic mass is 32.2. The topological polar surface area (TPSA) is 74.1 Å². The van der Waals surface area contributed by atoms with Gasteiger partial charge in [-0.05, 0) is 43.2 Å². The number of aryl methyl sites for hydroxylation is 1. The summed E-state index contributed by atoms with van der Waals surface area (Å²) in [5, 5.41) is 2.96. The van der Waals surface area contributed by atoms with Crippen molar-refractivity contribution in [1.82, 2.24) is 4.90 Å². The van der Waals surface area contributed by atoms with Gasteiger partial charge in [-0.1, -0.05) is 72.4 Å². The minimum Gasteiger partial charge on any atom is -0.325 e. The van der Waals surface area contributed by atoms with Crippen molar-refractivity contribution < 1.29 is 9.59 Å². The monoisotopic (exact) mass is 454 g/mol. The summed E-state index contributed by atoms with van der Waals surface area (Å²) in [6.45, 7) is 3.76. The Bertz CT molecular complexity index is 1300. The van der Waals surface area contributed by atoms with Crippen LogP contribution >= 0.6 is 11.8 Å². The lowest BCUT2D eigenvalue weighted by Crippen LogP contribution is -2.41. The summed E-state index contributed by atoms with van der Waals surface area (Å²) in [6.07, 6.45) is 0. The first kappa shape index (κ1) is 21.2. The first-order chi connectivity index (χ1) is 16.0. The Kier molecular flexibility index (Phi) is 5.56. The van der Waals surface area contributed by atoms with E-state index >= 15 is 0 Å². The smallest absolute Gasteiger partial charge is 0.263 e. The zero-order valence-electron chi connectivity index (χ0n) is 18.2. The number of amides is 2. The predicted octanol–water partition coefficient (Wildman–Crippen LogP) is 5.09. The second-order valence-electron chi connectivity index (χ2n) is 7.92. The molecule has 0 aromatic heterocycles. The zero-order chi connectivity index (χ0) is 22.9. The molecule has 2 aliphatic rings. The van der Waals surface area contributed by atoms with Gasteiger partial charge in [0.2, 0.25) is 5.91 Å². The minimum atomic E-state index is -0.630. The number of nitrogens with zero attached hydrogens (tertiary/aromatic N) is 3. The lowest BCUT2D eigenvalue weighted by Gasteiger charge is -2.27. The van der Waals surface area contributed by atoms with Gasteiger partial charge in [0.25, 0.3) is 5.91 Å². The molecule has 6 nitrogen and oxygen atoms in total. The van der Waals surface area contributed by atoms with Crippen molar-refractivity contribution in [2.45, 2.75) is 25.1 Å². The molecule has 2 amide bonds. The van der Waals surface area contributed by atoms with Crippen LogP contribution in [-0.2, 0) is 9.59 Å². The maximum atomic E-state index is 13.5. The fourth-order valence-corrected chi connectivity index (χ4v) is 4.76. The van der Waals surface area contributed by atoms with Crippen molar-refractivity contribution in [3.8, 4) is 0 Å². The number of benzene rings is 3. The fraction of sp³-hybridized carbons (Fsp3) is 0.154. The molecule has 3 aromatic carbocycles. The molecule has 0 spiro atoms. The van der Waals surface area contributed by atoms with E-state index in [9.17, 15) is 9.59 Å². The first-order valence-corrected chi connectivity index (χ1v) is 11.6. The van der Waals surface area contributed by atoms with Crippen LogP contribution in [0.2, 0.25) is 0 Å². The number of hydrogen-bond donors (Lipinski definition) is 1. The Labute approximate surface area is 196 Å². The Morgan fingerprint density at radius 3 is 2.48 bits per heavy atom. The van der Waals surface area contributed by atoms with Crippen LogP contribution < -0.4 is 5.32 Å². The van der Waals surface area contributed by atoms with Gasteiger partial charge in [-0.15, -0.1) is 0 Å². The van der Waals surface area contributed by atoms with E-state index in [-0.39, 0.29) is 11.8 Å². The number of carbonyl (C=O) groups is 2. The van der Waals surface area contributed by atoms with Gasteiger partial charge in [-0.3, -0.25) is 9.59 Å². The van der Waals surface area contributed by atoms with E-state index in [0.717, 1.165) is 28.1 Å². The van der Waals surface area contributed by atoms with Crippen molar-refractivity contribution in [2.24, 2.45) is 9.98 Å². The zero-order valence-corrected chi connectivity index (χ0v) is 19.0. The Morgan fingerprint density at radius 1 is 1.00 bits per heavy atom. The molecule has 1 N–H and O–H groups in total. The molecule has 0 radical (unpaired) electrons. The molecule has 0 saturated carbocycles. The molecule has 2 atom stereocenters. The molecular weight excluding hydrogens is 432 g/mol. The quantitative estimate of drug-likeness (QED) is 0.597. The predicted molar refractivity (Wildman–Crippen MR) is 133 cm³/mol. The summed E-state index contributed by atoms with van der Waals surface area (Å²) in [4.78, 5) is 37.5. The molecule has 0 bridgehead atoms. The van der Waals surface area contributed by atoms with E-state index < -0.39 is 11.3 Å². The minimum absolute atomic E-state index is 0.152. The number of thioether (sulfide) groups is 1. The third-order valence-electron chi connectivity index (χ3n) is 5.64. The van der Waals surface area contributed by atoms with Crippen LogP contribution in [0.4, 0.5) is 11.4 Å². The molecule has 0 fully saturated rings. The number of amidine groups is 2. The van der Waals surface area contributed by atoms with Crippen LogP contribution in [0.3, 0.4) is 0 Å². The molecule has 0 aliphatic carbocycles. The standard InChI is InChI=1S/C26H22N4O2S/c1-16-10-6-8-14-20(16)27-24(31)17(2)33-26-28-21-15-9-7-13-19(21)23-29-22(25(32)30(23)26)18-11-4-3-5-12-18/h3-15,17,22H,1-2H3,(H,27,31)/t17-,22+/m0/s1. The van der Waals surface area contributed by atoms with Gasteiger partial charge < -0.3 is 5.32 Å². The van der Waals surface area contributed by atoms with Crippen LogP contribution in [0, 0.1) is 6.92 Å². The fourth-order valence-electron chi connectivity index (χ4n) is 3.84. The van der Waals surface area contributed by atoms with Crippen LogP contribution in [0.15, 0.2) is 88.8 Å². The van der Waals surface area contributed by atoms with E-state index in [1.54, 1.807) is 4.90 Å². The number of nitrogens with one attached hydrogen (secondary N) is 1. The van der Waals surface area contributed by atoms with Gasteiger partial charge in [0.1, 0.15) is 5.84 Å². The average Bonchev–Trinajstić information content (AvgIpc) is 3.19. The average molecular weight is 455 g/mol. The van der Waals surface area contributed by atoms with Crippen LogP contribution in [0.25, 0.3) is 0 Å². The van der Waals surface area contributed by atoms with Crippen LogP contribution in [-0.4, -0.2) is 33.0 Å². The normalized spacial score (nSPS) is 17.6. The maximum absolute atomic E-state index is 13.5. The van der Waals surface area contributed by atoms with E-state index in [4.69, 9.17) is 9.98 Å². The number of hydrogen-bond acceptors (Lipinski definition) is 5. The number of rotatable bonds is 4. The Morgan fingerprint density at radius 2 is 1.70 bits per heavy atom. The highest BCUT2D eigenvalue weighted by molar-refractivity contribution is 8.15. The highest BCUT2D eigenvalue weighted by Gasteiger charge is 2.42. The van der Waals surface area contributed by atoms with Crippen LogP contribution in [0.5, 0.6) is 0 Å². The second kappa shape index (κ2) is 8.67. The van der Waals surface area contributed by atoms with Gasteiger partial charge >= 0.3 is 0 Å². The van der Waals surface area contributed by atoms with E-state index in [1.165, 1.54) is 11.8 Å². The second-order valence-corrected chi connectivity index (χ2v) is 9.22. The molecule has 0 unspecified atom stereocenters. The van der Waals surface area contributed by atoms with Gasteiger partial charge in [-0.2, -0.15) is 0 Å². The first-order valence-electron chi connectivity index (χ1n) is 10.7. The molecule has 2 aliphatic heterocycles. The largest absolute Gasteiger partial charge is 0.325 e. The van der Waals surface area contributed by atoms with Gasteiger partial charge in [0, 0.05) is 11.3 Å². The van der Waals surface area contributed by atoms with Crippen molar-refractivity contribution in [2.75, 3.05) is 5.32 Å². The third kappa shape index (κ3) is 3.96. The van der Waals surface area contributed by atoms with Crippen molar-refractivity contribution in [3.63, 3.8) is 0 Å². The summed E-state index contributed by atoms with van der Waals surface area (Å²) < 4.78 is 0. The molecule has 5 rings (SSSR count). The molecular formula is C26H22N4O2S. The summed E-state index contributed by atoms with van der Waals surface area (Å²) in [6, 6.07) is 24.2. The van der Waals surface area contributed by atoms with Crippen molar-refractivity contribution in [3.05, 3.63) is 95.6 Å². The molecule has 0 saturated heterocycles.